The number of aliphatic hydroxyl groups excluding tert-OH is 1. The molecule has 0 spiro atoms. The minimum Gasteiger partial charge on any atom is -0.477 e. The van der Waals surface area contributed by atoms with Crippen LogP contribution in [0.2, 0.25) is 0 Å². The molecule has 3 rings (SSSR count). The Bertz CT molecular complexity index is 655. The number of carboxylic acids is 1. The number of allylic oxidation sites excluding steroid dienone is 2. The van der Waals surface area contributed by atoms with Gasteiger partial charge in [0.2, 0.25) is 0 Å². The summed E-state index contributed by atoms with van der Waals surface area (Å²) >= 11 is 0. The zero-order chi connectivity index (χ0) is 13.6. The van der Waals surface area contributed by atoms with Crippen LogP contribution in [0.25, 0.3) is 4.91 Å². The van der Waals surface area contributed by atoms with Crippen LogP contribution in [0.1, 0.15) is 24.2 Å². The lowest BCUT2D eigenvalue weighted by Gasteiger charge is -2.18. The number of hydrogen-bond donors (Lipinski definition) is 3. The van der Waals surface area contributed by atoms with Crippen molar-refractivity contribution in [2.45, 2.75) is 13.0 Å². The van der Waals surface area contributed by atoms with E-state index in [9.17, 15) is 15.0 Å². The molecule has 4 heteroatoms. The fourth-order valence-electron chi connectivity index (χ4n) is 2.53. The van der Waals surface area contributed by atoms with Crippen LogP contribution in [0.4, 0.5) is 0 Å². The Hall–Kier alpha value is -1.78. The summed E-state index contributed by atoms with van der Waals surface area (Å²) in [4.78, 5) is 12.8. The van der Waals surface area contributed by atoms with Crippen LogP contribution in [-0.2, 0) is 4.79 Å². The molecule has 2 N–H and O–H groups in total. The molecule has 98 valence electrons. The van der Waals surface area contributed by atoms with Crippen molar-refractivity contribution < 1.29 is 15.0 Å². The molecule has 1 aromatic rings. The monoisotopic (exact) mass is 274 g/mol. The van der Waals surface area contributed by atoms with Gasteiger partial charge in [0, 0.05) is 4.91 Å². The van der Waals surface area contributed by atoms with Crippen LogP contribution in [0, 0.1) is 0 Å². The van der Waals surface area contributed by atoms with Gasteiger partial charge in [-0.25, -0.2) is 4.79 Å². The smallest absolute Gasteiger partial charge is 0.341 e. The van der Waals surface area contributed by atoms with Crippen molar-refractivity contribution in [3.8, 4) is 0 Å². The first-order valence-electron chi connectivity index (χ1n) is 6.00. The van der Waals surface area contributed by atoms with Gasteiger partial charge in [-0.15, -0.1) is 0 Å². The van der Waals surface area contributed by atoms with E-state index in [-0.39, 0.29) is 0 Å². The Kier molecular flexibility index (Phi) is 2.84. The Labute approximate surface area is 113 Å². The summed E-state index contributed by atoms with van der Waals surface area (Å²) in [6.45, 7) is 1.82. The van der Waals surface area contributed by atoms with Crippen LogP contribution >= 0.6 is 10.9 Å². The SMILES string of the molecule is CC1=C(C(=O)O)[SH](C2=CC(O)c3ccccc32)C=C1. The van der Waals surface area contributed by atoms with E-state index in [1.54, 1.807) is 6.08 Å². The molecule has 2 unspecified atom stereocenters. The second kappa shape index (κ2) is 4.40. The molecule has 1 aliphatic heterocycles. The zero-order valence-corrected chi connectivity index (χ0v) is 11.3. The van der Waals surface area contributed by atoms with Crippen LogP contribution < -0.4 is 0 Å². The molecule has 0 saturated carbocycles. The summed E-state index contributed by atoms with van der Waals surface area (Å²) in [6, 6.07) is 7.63. The number of benzene rings is 1. The number of thiol groups is 1. The first-order valence-corrected chi connectivity index (χ1v) is 7.41. The Morgan fingerprint density at radius 2 is 2.05 bits per heavy atom. The third-order valence-corrected chi connectivity index (χ3v) is 5.80. The molecule has 2 atom stereocenters. The fraction of sp³-hybridized carbons (Fsp3) is 0.133. The predicted molar refractivity (Wildman–Crippen MR) is 77.8 cm³/mol. The van der Waals surface area contributed by atoms with Crippen molar-refractivity contribution >= 4 is 21.8 Å². The number of aliphatic carboxylic acids is 1. The van der Waals surface area contributed by atoms with Crippen molar-refractivity contribution in [1.82, 2.24) is 0 Å². The average Bonchev–Trinajstić information content (AvgIpc) is 2.91. The Morgan fingerprint density at radius 1 is 1.32 bits per heavy atom. The number of rotatable bonds is 2. The molecule has 19 heavy (non-hydrogen) atoms. The lowest BCUT2D eigenvalue weighted by Crippen LogP contribution is -2.01. The normalized spacial score (nSPS) is 26.5. The van der Waals surface area contributed by atoms with Crippen molar-refractivity contribution in [2.75, 3.05) is 0 Å². The van der Waals surface area contributed by atoms with E-state index in [2.05, 4.69) is 0 Å². The maximum absolute atomic E-state index is 11.4. The van der Waals surface area contributed by atoms with Gasteiger partial charge in [-0.3, -0.25) is 0 Å². The van der Waals surface area contributed by atoms with Gasteiger partial charge >= 0.3 is 5.97 Å². The summed E-state index contributed by atoms with van der Waals surface area (Å²) in [5.74, 6) is -0.867. The minimum atomic E-state index is -1.00. The second-order valence-electron chi connectivity index (χ2n) is 4.61. The largest absolute Gasteiger partial charge is 0.477 e. The van der Waals surface area contributed by atoms with Gasteiger partial charge in [-0.2, -0.15) is 10.9 Å². The summed E-state index contributed by atoms with van der Waals surface area (Å²) in [5, 5.41) is 21.4. The summed E-state index contributed by atoms with van der Waals surface area (Å²) < 4.78 is 0. The van der Waals surface area contributed by atoms with E-state index in [1.807, 2.05) is 42.7 Å². The summed E-state index contributed by atoms with van der Waals surface area (Å²) in [6.07, 6.45) is 3.02. The third kappa shape index (κ3) is 1.84. The van der Waals surface area contributed by atoms with Gasteiger partial charge < -0.3 is 10.2 Å². The molecule has 0 radical (unpaired) electrons. The third-order valence-electron chi connectivity index (χ3n) is 3.42. The lowest BCUT2D eigenvalue weighted by atomic mass is 10.1. The van der Waals surface area contributed by atoms with E-state index in [4.69, 9.17) is 0 Å². The number of fused-ring (bicyclic) bond motifs is 1. The van der Waals surface area contributed by atoms with E-state index < -0.39 is 23.0 Å². The quantitative estimate of drug-likeness (QED) is 0.727. The molecule has 0 fully saturated rings. The van der Waals surface area contributed by atoms with Crippen molar-refractivity contribution in [3.05, 3.63) is 63.4 Å². The minimum absolute atomic E-state index is 0.463. The molecule has 0 bridgehead atoms. The van der Waals surface area contributed by atoms with Gasteiger partial charge in [0.25, 0.3) is 0 Å². The molecule has 0 amide bonds. The second-order valence-corrected chi connectivity index (χ2v) is 6.57. The molecular weight excluding hydrogens is 260 g/mol. The van der Waals surface area contributed by atoms with E-state index >= 15 is 0 Å². The number of aliphatic hydroxyl groups is 1. The predicted octanol–water partition coefficient (Wildman–Crippen LogP) is 2.96. The van der Waals surface area contributed by atoms with Crippen molar-refractivity contribution in [1.29, 1.82) is 0 Å². The zero-order valence-electron chi connectivity index (χ0n) is 10.4. The Balaban J connectivity index is 2.09. The summed E-state index contributed by atoms with van der Waals surface area (Å²) in [5.41, 5.74) is 2.64. The highest BCUT2D eigenvalue weighted by Crippen LogP contribution is 2.57. The van der Waals surface area contributed by atoms with Crippen molar-refractivity contribution in [3.63, 3.8) is 0 Å². The molecular formula is C15H14O3S. The maximum atomic E-state index is 11.4. The van der Waals surface area contributed by atoms with Gasteiger partial charge in [0.15, 0.2) is 0 Å². The van der Waals surface area contributed by atoms with E-state index in [0.717, 1.165) is 21.6 Å². The van der Waals surface area contributed by atoms with Crippen LogP contribution in [0.3, 0.4) is 0 Å². The van der Waals surface area contributed by atoms with Crippen molar-refractivity contribution in [2.24, 2.45) is 0 Å². The van der Waals surface area contributed by atoms with Crippen LogP contribution in [-0.4, -0.2) is 16.2 Å². The topological polar surface area (TPSA) is 57.5 Å². The number of carbonyl (C=O) groups is 1. The number of carboxylic acid groups (broad SMARTS) is 1. The molecule has 1 aliphatic carbocycles. The summed E-state index contributed by atoms with van der Waals surface area (Å²) in [7, 11) is -1.00. The molecule has 1 heterocycles. The molecule has 1 aromatic carbocycles. The molecule has 2 aliphatic rings. The first kappa shape index (κ1) is 12.3. The van der Waals surface area contributed by atoms with Gasteiger partial charge in [0.05, 0.1) is 11.0 Å². The Morgan fingerprint density at radius 3 is 2.79 bits per heavy atom. The average molecular weight is 274 g/mol. The van der Waals surface area contributed by atoms with E-state index in [1.165, 1.54) is 0 Å². The van der Waals surface area contributed by atoms with Crippen LogP contribution in [0.15, 0.2) is 52.3 Å². The highest BCUT2D eigenvalue weighted by molar-refractivity contribution is 8.31. The van der Waals surface area contributed by atoms with Crippen LogP contribution in [0.5, 0.6) is 0 Å². The molecule has 0 aromatic heterocycles. The maximum Gasteiger partial charge on any atom is 0.341 e. The standard InChI is InChI=1S/C15H14O3S/c1-9-6-7-19(14(9)15(17)18)13-8-12(16)10-4-2-3-5-11(10)13/h2-8,12,16,19H,1H3,(H,17,18). The number of hydrogen-bond acceptors (Lipinski definition) is 2. The molecule has 3 nitrogen and oxygen atoms in total. The lowest BCUT2D eigenvalue weighted by molar-refractivity contribution is -0.131. The van der Waals surface area contributed by atoms with Gasteiger partial charge in [-0.05, 0) is 35.1 Å². The van der Waals surface area contributed by atoms with E-state index in [0.29, 0.717) is 4.91 Å². The first-order chi connectivity index (χ1) is 9.09. The van der Waals surface area contributed by atoms with Gasteiger partial charge in [0.1, 0.15) is 0 Å². The fourth-order valence-corrected chi connectivity index (χ4v) is 4.88. The van der Waals surface area contributed by atoms with Gasteiger partial charge in [-0.1, -0.05) is 30.3 Å². The highest BCUT2D eigenvalue weighted by atomic mass is 32.2. The molecule has 0 saturated heterocycles. The highest BCUT2D eigenvalue weighted by Gasteiger charge is 2.30.